The van der Waals surface area contributed by atoms with Crippen LogP contribution in [0.4, 0.5) is 0 Å². The van der Waals surface area contributed by atoms with E-state index in [1.54, 1.807) is 6.20 Å². The average molecular weight is 428 g/mol. The molecule has 4 heterocycles. The van der Waals surface area contributed by atoms with Crippen molar-refractivity contribution >= 4 is 17.5 Å². The van der Waals surface area contributed by atoms with Crippen molar-refractivity contribution < 1.29 is 14.3 Å². The number of imidazole rings is 1. The Morgan fingerprint density at radius 3 is 2.87 bits per heavy atom. The molecule has 4 rings (SSSR count). The number of carbonyl (C=O) groups excluding carboxylic acids is 2. The standard InChI is InChI=1S/C23H33N5O3/c1-17-26-20(16-31-17)14-22(29)27-11-7-18(8-12-27)4-2-3-9-25-23(30)19-5-6-21-24-10-13-28(21)15-19/h5-6,10,13,15,17-18,20,26H,2-4,7-9,11-12,14,16H2,1H3,(H,25,30). The highest BCUT2D eigenvalue weighted by atomic mass is 16.5. The molecular weight excluding hydrogens is 394 g/mol. The molecule has 2 aliphatic heterocycles. The van der Waals surface area contributed by atoms with Gasteiger partial charge in [-0.3, -0.25) is 14.9 Å². The summed E-state index contributed by atoms with van der Waals surface area (Å²) in [6, 6.07) is 3.81. The lowest BCUT2D eigenvalue weighted by atomic mass is 9.91. The van der Waals surface area contributed by atoms with Crippen LogP contribution in [0.15, 0.2) is 30.7 Å². The molecule has 2 N–H and O–H groups in total. The smallest absolute Gasteiger partial charge is 0.252 e. The Labute approximate surface area is 183 Å². The van der Waals surface area contributed by atoms with E-state index in [9.17, 15) is 9.59 Å². The van der Waals surface area contributed by atoms with E-state index in [1.165, 1.54) is 0 Å². The lowest BCUT2D eigenvalue weighted by Gasteiger charge is -2.32. The molecule has 0 radical (unpaired) electrons. The summed E-state index contributed by atoms with van der Waals surface area (Å²) in [6.07, 6.45) is 11.3. The quantitative estimate of drug-likeness (QED) is 0.631. The number of aromatic nitrogens is 2. The molecule has 2 aromatic heterocycles. The monoisotopic (exact) mass is 427 g/mol. The molecule has 2 aliphatic rings. The first-order valence-electron chi connectivity index (χ1n) is 11.4. The maximum absolute atomic E-state index is 12.5. The fourth-order valence-corrected chi connectivity index (χ4v) is 4.53. The first-order chi connectivity index (χ1) is 15.1. The molecule has 0 spiro atoms. The highest BCUT2D eigenvalue weighted by molar-refractivity contribution is 5.94. The molecule has 8 nitrogen and oxygen atoms in total. The van der Waals surface area contributed by atoms with Gasteiger partial charge in [0, 0.05) is 50.7 Å². The van der Waals surface area contributed by atoms with Gasteiger partial charge >= 0.3 is 0 Å². The minimum absolute atomic E-state index is 0.0426. The molecule has 31 heavy (non-hydrogen) atoms. The van der Waals surface area contributed by atoms with Gasteiger partial charge < -0.3 is 19.4 Å². The van der Waals surface area contributed by atoms with Gasteiger partial charge in [0.25, 0.3) is 5.91 Å². The predicted molar refractivity (Wildman–Crippen MR) is 118 cm³/mol. The largest absolute Gasteiger partial charge is 0.362 e. The van der Waals surface area contributed by atoms with Crippen molar-refractivity contribution in [2.24, 2.45) is 5.92 Å². The van der Waals surface area contributed by atoms with Gasteiger partial charge in [0.1, 0.15) is 11.9 Å². The SMILES string of the molecule is CC1NC(CC(=O)N2CCC(CCCCNC(=O)c3ccc4nccn4c3)CC2)CO1. The summed E-state index contributed by atoms with van der Waals surface area (Å²) in [6.45, 7) is 5.01. The zero-order valence-electron chi connectivity index (χ0n) is 18.3. The topological polar surface area (TPSA) is 88.0 Å². The molecule has 8 heteroatoms. The van der Waals surface area contributed by atoms with Crippen LogP contribution in [0.5, 0.6) is 0 Å². The Hall–Kier alpha value is -2.45. The predicted octanol–water partition coefficient (Wildman–Crippen LogP) is 2.20. The Morgan fingerprint density at radius 2 is 2.10 bits per heavy atom. The molecule has 2 unspecified atom stereocenters. The summed E-state index contributed by atoms with van der Waals surface area (Å²) < 4.78 is 7.33. The second kappa shape index (κ2) is 10.2. The molecule has 0 saturated carbocycles. The minimum Gasteiger partial charge on any atom is -0.362 e. The van der Waals surface area contributed by atoms with Gasteiger partial charge in [-0.2, -0.15) is 0 Å². The second-order valence-corrected chi connectivity index (χ2v) is 8.73. The van der Waals surface area contributed by atoms with Gasteiger partial charge in [0.15, 0.2) is 0 Å². The molecule has 0 bridgehead atoms. The molecule has 0 aliphatic carbocycles. The van der Waals surface area contributed by atoms with Crippen LogP contribution in [0.1, 0.15) is 55.8 Å². The van der Waals surface area contributed by atoms with E-state index >= 15 is 0 Å². The number of carbonyl (C=O) groups is 2. The van der Waals surface area contributed by atoms with Crippen LogP contribution in [0.2, 0.25) is 0 Å². The Kier molecular flexibility index (Phi) is 7.19. The number of ether oxygens (including phenoxy) is 1. The lowest BCUT2D eigenvalue weighted by molar-refractivity contribution is -0.133. The number of piperidine rings is 1. The molecule has 168 valence electrons. The molecule has 2 saturated heterocycles. The number of likely N-dealkylation sites (tertiary alicyclic amines) is 1. The van der Waals surface area contributed by atoms with E-state index in [-0.39, 0.29) is 24.1 Å². The van der Waals surface area contributed by atoms with Crippen molar-refractivity contribution in [2.45, 2.75) is 57.7 Å². The fraction of sp³-hybridized carbons (Fsp3) is 0.609. The van der Waals surface area contributed by atoms with Crippen molar-refractivity contribution in [3.05, 3.63) is 36.3 Å². The van der Waals surface area contributed by atoms with Crippen molar-refractivity contribution in [2.75, 3.05) is 26.2 Å². The number of rotatable bonds is 8. The van der Waals surface area contributed by atoms with Crippen LogP contribution in [0.3, 0.4) is 0 Å². The summed E-state index contributed by atoms with van der Waals surface area (Å²) in [5, 5.41) is 6.30. The van der Waals surface area contributed by atoms with Crippen LogP contribution in [0, 0.1) is 5.92 Å². The van der Waals surface area contributed by atoms with E-state index < -0.39 is 0 Å². The summed E-state index contributed by atoms with van der Waals surface area (Å²) in [5.74, 6) is 0.876. The summed E-state index contributed by atoms with van der Waals surface area (Å²) >= 11 is 0. The molecule has 2 fully saturated rings. The third kappa shape index (κ3) is 5.83. The first kappa shape index (κ1) is 21.8. The van der Waals surface area contributed by atoms with E-state index in [1.807, 2.05) is 40.8 Å². The molecule has 0 aromatic carbocycles. The number of nitrogens with zero attached hydrogens (tertiary/aromatic N) is 3. The van der Waals surface area contributed by atoms with Crippen LogP contribution >= 0.6 is 0 Å². The number of fused-ring (bicyclic) bond motifs is 1. The van der Waals surface area contributed by atoms with E-state index in [4.69, 9.17) is 4.74 Å². The van der Waals surface area contributed by atoms with Crippen molar-refractivity contribution in [1.29, 1.82) is 0 Å². The van der Waals surface area contributed by atoms with Gasteiger partial charge in [-0.05, 0) is 44.2 Å². The summed E-state index contributed by atoms with van der Waals surface area (Å²) in [4.78, 5) is 31.0. The lowest BCUT2D eigenvalue weighted by Crippen LogP contribution is -2.42. The number of hydrogen-bond acceptors (Lipinski definition) is 5. The van der Waals surface area contributed by atoms with Crippen molar-refractivity contribution in [3.63, 3.8) is 0 Å². The molecule has 2 atom stereocenters. The van der Waals surface area contributed by atoms with E-state index in [0.29, 0.717) is 31.1 Å². The number of unbranched alkanes of at least 4 members (excludes halogenated alkanes) is 1. The second-order valence-electron chi connectivity index (χ2n) is 8.73. The third-order valence-corrected chi connectivity index (χ3v) is 6.38. The normalized spacial score (nSPS) is 22.2. The minimum atomic E-state index is -0.0426. The summed E-state index contributed by atoms with van der Waals surface area (Å²) in [5.41, 5.74) is 1.49. The Bertz CT molecular complexity index is 890. The zero-order valence-corrected chi connectivity index (χ0v) is 18.3. The maximum atomic E-state index is 12.5. The third-order valence-electron chi connectivity index (χ3n) is 6.38. The average Bonchev–Trinajstić information content (AvgIpc) is 3.41. The van der Waals surface area contributed by atoms with E-state index in [2.05, 4.69) is 15.6 Å². The number of pyridine rings is 1. The molecule has 2 amide bonds. The van der Waals surface area contributed by atoms with Gasteiger partial charge in [-0.25, -0.2) is 4.98 Å². The Morgan fingerprint density at radius 1 is 1.26 bits per heavy atom. The Balaban J connectivity index is 1.08. The first-order valence-corrected chi connectivity index (χ1v) is 11.4. The van der Waals surface area contributed by atoms with Crippen molar-refractivity contribution in [1.82, 2.24) is 24.9 Å². The van der Waals surface area contributed by atoms with Crippen LogP contribution < -0.4 is 10.6 Å². The van der Waals surface area contributed by atoms with Crippen LogP contribution in [-0.2, 0) is 9.53 Å². The molecule has 2 aromatic rings. The highest BCUT2D eigenvalue weighted by Gasteiger charge is 2.27. The number of nitrogens with one attached hydrogen (secondary N) is 2. The van der Waals surface area contributed by atoms with Gasteiger partial charge in [-0.15, -0.1) is 0 Å². The van der Waals surface area contributed by atoms with Crippen molar-refractivity contribution in [3.8, 4) is 0 Å². The van der Waals surface area contributed by atoms with E-state index in [0.717, 1.165) is 50.8 Å². The van der Waals surface area contributed by atoms with Gasteiger partial charge in [0.2, 0.25) is 5.91 Å². The van der Waals surface area contributed by atoms with Crippen LogP contribution in [-0.4, -0.2) is 64.6 Å². The fourth-order valence-electron chi connectivity index (χ4n) is 4.53. The molecular formula is C23H33N5O3. The number of amides is 2. The maximum Gasteiger partial charge on any atom is 0.252 e. The number of hydrogen-bond donors (Lipinski definition) is 2. The van der Waals surface area contributed by atoms with Gasteiger partial charge in [-0.1, -0.05) is 12.8 Å². The summed E-state index contributed by atoms with van der Waals surface area (Å²) in [7, 11) is 0. The van der Waals surface area contributed by atoms with Crippen LogP contribution in [0.25, 0.3) is 5.65 Å². The zero-order chi connectivity index (χ0) is 21.6. The van der Waals surface area contributed by atoms with Gasteiger partial charge in [0.05, 0.1) is 12.2 Å². The highest BCUT2D eigenvalue weighted by Crippen LogP contribution is 2.23.